The van der Waals surface area contributed by atoms with Crippen molar-refractivity contribution in [1.82, 2.24) is 20.5 Å². The number of benzene rings is 1. The van der Waals surface area contributed by atoms with Gasteiger partial charge in [-0.3, -0.25) is 9.89 Å². The van der Waals surface area contributed by atoms with Crippen LogP contribution in [0.2, 0.25) is 0 Å². The molecule has 0 atom stereocenters. The van der Waals surface area contributed by atoms with Gasteiger partial charge in [-0.2, -0.15) is 5.10 Å². The van der Waals surface area contributed by atoms with Crippen LogP contribution in [0.4, 0.5) is 0 Å². The Morgan fingerprint density at radius 1 is 1.24 bits per heavy atom. The SMILES string of the molecule is O=C(NCCc1nc(-c2ccccc2)n[nH]1)c1ccoc1. The fourth-order valence-corrected chi connectivity index (χ4v) is 1.91. The summed E-state index contributed by atoms with van der Waals surface area (Å²) >= 11 is 0. The number of carbonyl (C=O) groups excluding carboxylic acids is 1. The van der Waals surface area contributed by atoms with Gasteiger partial charge in [0.25, 0.3) is 5.91 Å². The summed E-state index contributed by atoms with van der Waals surface area (Å²) in [4.78, 5) is 16.1. The minimum Gasteiger partial charge on any atom is -0.472 e. The first-order chi connectivity index (χ1) is 10.3. The largest absolute Gasteiger partial charge is 0.472 e. The lowest BCUT2D eigenvalue weighted by atomic mass is 10.2. The topological polar surface area (TPSA) is 83.8 Å². The van der Waals surface area contributed by atoms with Gasteiger partial charge in [0.1, 0.15) is 12.1 Å². The molecule has 2 aromatic heterocycles. The normalized spacial score (nSPS) is 10.5. The second kappa shape index (κ2) is 6.04. The minimum atomic E-state index is -0.161. The highest BCUT2D eigenvalue weighted by atomic mass is 16.3. The number of carbonyl (C=O) groups is 1. The molecule has 1 amide bonds. The number of H-pyrrole nitrogens is 1. The highest BCUT2D eigenvalue weighted by Gasteiger charge is 2.08. The summed E-state index contributed by atoms with van der Waals surface area (Å²) in [5, 5.41) is 9.85. The predicted octanol–water partition coefficient (Wildman–Crippen LogP) is 2.04. The molecule has 21 heavy (non-hydrogen) atoms. The smallest absolute Gasteiger partial charge is 0.254 e. The van der Waals surface area contributed by atoms with E-state index in [2.05, 4.69) is 20.5 Å². The Kier molecular flexibility index (Phi) is 3.77. The molecule has 0 aliphatic rings. The highest BCUT2D eigenvalue weighted by molar-refractivity contribution is 5.93. The molecule has 6 heteroatoms. The second-order valence-corrected chi connectivity index (χ2v) is 4.49. The molecule has 0 unspecified atom stereocenters. The lowest BCUT2D eigenvalue weighted by Gasteiger charge is -2.00. The van der Waals surface area contributed by atoms with Crippen LogP contribution in [0.25, 0.3) is 11.4 Å². The van der Waals surface area contributed by atoms with E-state index in [1.165, 1.54) is 12.5 Å². The minimum absolute atomic E-state index is 0.161. The first-order valence-corrected chi connectivity index (χ1v) is 6.60. The third-order valence-corrected chi connectivity index (χ3v) is 2.99. The van der Waals surface area contributed by atoms with Crippen LogP contribution in [0.15, 0.2) is 53.3 Å². The van der Waals surface area contributed by atoms with Crippen LogP contribution in [0.5, 0.6) is 0 Å². The number of nitrogens with zero attached hydrogens (tertiary/aromatic N) is 2. The van der Waals surface area contributed by atoms with Crippen LogP contribution in [0.1, 0.15) is 16.2 Å². The van der Waals surface area contributed by atoms with Crippen molar-refractivity contribution in [3.05, 3.63) is 60.3 Å². The molecular weight excluding hydrogens is 268 g/mol. The van der Waals surface area contributed by atoms with Gasteiger partial charge in [-0.1, -0.05) is 30.3 Å². The predicted molar refractivity (Wildman–Crippen MR) is 76.6 cm³/mol. The third kappa shape index (κ3) is 3.17. The van der Waals surface area contributed by atoms with Crippen molar-refractivity contribution < 1.29 is 9.21 Å². The van der Waals surface area contributed by atoms with E-state index in [1.54, 1.807) is 6.07 Å². The molecule has 2 heterocycles. The van der Waals surface area contributed by atoms with Crippen molar-refractivity contribution in [2.75, 3.05) is 6.54 Å². The van der Waals surface area contributed by atoms with Crippen molar-refractivity contribution in [3.8, 4) is 11.4 Å². The van der Waals surface area contributed by atoms with E-state index in [-0.39, 0.29) is 5.91 Å². The Bertz CT molecular complexity index is 704. The number of amides is 1. The van der Waals surface area contributed by atoms with Crippen LogP contribution < -0.4 is 5.32 Å². The molecule has 1 aromatic carbocycles. The Morgan fingerprint density at radius 3 is 2.86 bits per heavy atom. The number of nitrogens with one attached hydrogen (secondary N) is 2. The van der Waals surface area contributed by atoms with Gasteiger partial charge < -0.3 is 9.73 Å². The summed E-state index contributed by atoms with van der Waals surface area (Å²) in [6, 6.07) is 11.4. The molecule has 2 N–H and O–H groups in total. The maximum absolute atomic E-state index is 11.7. The standard InChI is InChI=1S/C15H14N4O2/c20-15(12-7-9-21-10-12)16-8-6-13-17-14(19-18-13)11-4-2-1-3-5-11/h1-5,7,9-10H,6,8H2,(H,16,20)(H,17,18,19). The molecule has 0 aliphatic heterocycles. The average molecular weight is 282 g/mol. The van der Waals surface area contributed by atoms with Gasteiger partial charge in [0.2, 0.25) is 0 Å². The molecule has 0 fully saturated rings. The van der Waals surface area contributed by atoms with E-state index in [9.17, 15) is 4.79 Å². The van der Waals surface area contributed by atoms with Crippen molar-refractivity contribution in [2.45, 2.75) is 6.42 Å². The van der Waals surface area contributed by atoms with Crippen LogP contribution in [0.3, 0.4) is 0 Å². The fraction of sp³-hybridized carbons (Fsp3) is 0.133. The first kappa shape index (κ1) is 13.1. The summed E-state index contributed by atoms with van der Waals surface area (Å²) in [5.74, 6) is 1.24. The van der Waals surface area contributed by atoms with Crippen molar-refractivity contribution in [3.63, 3.8) is 0 Å². The number of aromatic amines is 1. The van der Waals surface area contributed by atoms with Gasteiger partial charge in [0, 0.05) is 18.5 Å². The van der Waals surface area contributed by atoms with Crippen molar-refractivity contribution in [1.29, 1.82) is 0 Å². The van der Waals surface area contributed by atoms with Gasteiger partial charge in [-0.15, -0.1) is 0 Å². The molecular formula is C15H14N4O2. The van der Waals surface area contributed by atoms with Gasteiger partial charge in [0.15, 0.2) is 5.82 Å². The van der Waals surface area contributed by atoms with E-state index in [4.69, 9.17) is 4.42 Å². The van der Waals surface area contributed by atoms with E-state index < -0.39 is 0 Å². The van der Waals surface area contributed by atoms with E-state index in [0.29, 0.717) is 24.4 Å². The number of aromatic nitrogens is 3. The zero-order valence-electron chi connectivity index (χ0n) is 11.2. The summed E-state index contributed by atoms with van der Waals surface area (Å²) in [5.41, 5.74) is 1.47. The molecule has 0 saturated heterocycles. The third-order valence-electron chi connectivity index (χ3n) is 2.99. The van der Waals surface area contributed by atoms with E-state index >= 15 is 0 Å². The average Bonchev–Trinajstić information content (AvgIpc) is 3.20. The summed E-state index contributed by atoms with van der Waals surface area (Å²) in [7, 11) is 0. The Labute approximate surface area is 121 Å². The summed E-state index contributed by atoms with van der Waals surface area (Å²) in [6.45, 7) is 0.480. The van der Waals surface area contributed by atoms with Crippen LogP contribution in [-0.2, 0) is 6.42 Å². The zero-order chi connectivity index (χ0) is 14.5. The molecule has 0 bridgehead atoms. The quantitative estimate of drug-likeness (QED) is 0.750. The molecule has 0 saturated carbocycles. The lowest BCUT2D eigenvalue weighted by molar-refractivity contribution is 0.0953. The number of hydrogen-bond donors (Lipinski definition) is 2. The Morgan fingerprint density at radius 2 is 2.10 bits per heavy atom. The number of rotatable bonds is 5. The molecule has 0 radical (unpaired) electrons. The Balaban J connectivity index is 1.55. The molecule has 106 valence electrons. The maximum atomic E-state index is 11.7. The fourth-order valence-electron chi connectivity index (χ4n) is 1.91. The lowest BCUT2D eigenvalue weighted by Crippen LogP contribution is -2.25. The van der Waals surface area contributed by atoms with Crippen LogP contribution in [-0.4, -0.2) is 27.6 Å². The maximum Gasteiger partial charge on any atom is 0.254 e. The molecule has 3 rings (SSSR count). The molecule has 6 nitrogen and oxygen atoms in total. The summed E-state index contributed by atoms with van der Waals surface area (Å²) < 4.78 is 4.86. The van der Waals surface area contributed by atoms with Crippen molar-refractivity contribution in [2.24, 2.45) is 0 Å². The molecule has 0 spiro atoms. The van der Waals surface area contributed by atoms with E-state index in [1.807, 2.05) is 30.3 Å². The number of hydrogen-bond acceptors (Lipinski definition) is 4. The number of furan rings is 1. The molecule has 0 aliphatic carbocycles. The second-order valence-electron chi connectivity index (χ2n) is 4.49. The van der Waals surface area contributed by atoms with Crippen LogP contribution in [0, 0.1) is 0 Å². The molecule has 3 aromatic rings. The van der Waals surface area contributed by atoms with Crippen LogP contribution >= 0.6 is 0 Å². The van der Waals surface area contributed by atoms with Gasteiger partial charge in [0.05, 0.1) is 11.8 Å². The van der Waals surface area contributed by atoms with Gasteiger partial charge >= 0.3 is 0 Å². The first-order valence-electron chi connectivity index (χ1n) is 6.60. The van der Waals surface area contributed by atoms with E-state index in [0.717, 1.165) is 11.4 Å². The van der Waals surface area contributed by atoms with Gasteiger partial charge in [-0.25, -0.2) is 4.98 Å². The van der Waals surface area contributed by atoms with Gasteiger partial charge in [-0.05, 0) is 6.07 Å². The Hall–Kier alpha value is -2.89. The summed E-state index contributed by atoms with van der Waals surface area (Å²) in [6.07, 6.45) is 3.47. The van der Waals surface area contributed by atoms with Crippen molar-refractivity contribution >= 4 is 5.91 Å². The zero-order valence-corrected chi connectivity index (χ0v) is 11.2. The monoisotopic (exact) mass is 282 g/mol. The highest BCUT2D eigenvalue weighted by Crippen LogP contribution is 2.13.